The SMILES string of the molecule is CN(C)CCOC(=O)C12CC3C[C@@](C)(C1)C[C@](C)(C3)C2. The summed E-state index contributed by atoms with van der Waals surface area (Å²) < 4.78 is 5.65. The van der Waals surface area contributed by atoms with Crippen LogP contribution in [-0.4, -0.2) is 38.1 Å². The smallest absolute Gasteiger partial charge is 0.312 e. The minimum atomic E-state index is -0.158. The van der Waals surface area contributed by atoms with E-state index in [1.165, 1.54) is 19.3 Å². The maximum atomic E-state index is 12.7. The zero-order chi connectivity index (χ0) is 14.6. The van der Waals surface area contributed by atoms with E-state index in [0.29, 0.717) is 17.4 Å². The van der Waals surface area contributed by atoms with E-state index in [-0.39, 0.29) is 11.4 Å². The molecular weight excluding hydrogens is 250 g/mol. The summed E-state index contributed by atoms with van der Waals surface area (Å²) in [5.41, 5.74) is 0.610. The third kappa shape index (κ3) is 2.38. The molecule has 0 aromatic heterocycles. The first-order valence-electron chi connectivity index (χ1n) is 8.06. The van der Waals surface area contributed by atoms with Crippen molar-refractivity contribution in [3.63, 3.8) is 0 Å². The molecule has 0 saturated heterocycles. The van der Waals surface area contributed by atoms with Crippen LogP contribution in [0.25, 0.3) is 0 Å². The zero-order valence-corrected chi connectivity index (χ0v) is 13.5. The highest BCUT2D eigenvalue weighted by atomic mass is 16.5. The molecule has 0 radical (unpaired) electrons. The molecule has 4 bridgehead atoms. The average Bonchev–Trinajstić information content (AvgIpc) is 2.22. The average molecular weight is 279 g/mol. The zero-order valence-electron chi connectivity index (χ0n) is 13.5. The lowest BCUT2D eigenvalue weighted by Crippen LogP contribution is -2.58. The van der Waals surface area contributed by atoms with Gasteiger partial charge in [0.15, 0.2) is 0 Å². The molecule has 0 amide bonds. The van der Waals surface area contributed by atoms with E-state index in [2.05, 4.69) is 18.7 Å². The summed E-state index contributed by atoms with van der Waals surface area (Å²) in [5, 5.41) is 0. The second-order valence-corrected chi connectivity index (χ2v) is 8.85. The summed E-state index contributed by atoms with van der Waals surface area (Å²) in [6, 6.07) is 0. The molecule has 4 rings (SSSR count). The van der Waals surface area contributed by atoms with Gasteiger partial charge in [0.2, 0.25) is 0 Å². The lowest BCUT2D eigenvalue weighted by molar-refractivity contribution is -0.191. The normalized spacial score (nSPS) is 46.0. The van der Waals surface area contributed by atoms with Gasteiger partial charge in [0.05, 0.1) is 5.41 Å². The first kappa shape index (κ1) is 14.4. The van der Waals surface area contributed by atoms with E-state index >= 15 is 0 Å². The van der Waals surface area contributed by atoms with Gasteiger partial charge in [-0.15, -0.1) is 0 Å². The second kappa shape index (κ2) is 4.46. The van der Waals surface area contributed by atoms with Gasteiger partial charge in [-0.3, -0.25) is 4.79 Å². The number of likely N-dealkylation sites (N-methyl/N-ethyl adjacent to an activating group) is 1. The summed E-state index contributed by atoms with van der Waals surface area (Å²) in [4.78, 5) is 14.8. The van der Waals surface area contributed by atoms with E-state index in [4.69, 9.17) is 4.74 Å². The Balaban J connectivity index is 1.73. The molecule has 20 heavy (non-hydrogen) atoms. The fourth-order valence-electron chi connectivity index (χ4n) is 6.15. The number of hydrogen-bond donors (Lipinski definition) is 0. The minimum Gasteiger partial charge on any atom is -0.464 e. The van der Waals surface area contributed by atoms with Crippen molar-refractivity contribution in [3.05, 3.63) is 0 Å². The first-order valence-corrected chi connectivity index (χ1v) is 8.06. The molecule has 0 N–H and O–H groups in total. The van der Waals surface area contributed by atoms with Crippen molar-refractivity contribution in [2.24, 2.45) is 22.2 Å². The molecule has 2 unspecified atom stereocenters. The molecule has 4 atom stereocenters. The predicted molar refractivity (Wildman–Crippen MR) is 79.4 cm³/mol. The van der Waals surface area contributed by atoms with Crippen molar-refractivity contribution in [1.29, 1.82) is 0 Å². The summed E-state index contributed by atoms with van der Waals surface area (Å²) in [6.07, 6.45) is 7.17. The van der Waals surface area contributed by atoms with E-state index in [9.17, 15) is 4.79 Å². The highest BCUT2D eigenvalue weighted by Crippen LogP contribution is 2.69. The first-order chi connectivity index (χ1) is 9.24. The molecule has 3 nitrogen and oxygen atoms in total. The number of hydrogen-bond acceptors (Lipinski definition) is 3. The second-order valence-electron chi connectivity index (χ2n) is 8.85. The molecule has 4 aliphatic rings. The van der Waals surface area contributed by atoms with Crippen molar-refractivity contribution < 1.29 is 9.53 Å². The van der Waals surface area contributed by atoms with Crippen LogP contribution in [0, 0.1) is 22.2 Å². The topological polar surface area (TPSA) is 29.5 Å². The van der Waals surface area contributed by atoms with Crippen LogP contribution in [0.5, 0.6) is 0 Å². The maximum Gasteiger partial charge on any atom is 0.312 e. The van der Waals surface area contributed by atoms with Gasteiger partial charge in [-0.2, -0.15) is 0 Å². The largest absolute Gasteiger partial charge is 0.464 e. The van der Waals surface area contributed by atoms with E-state index in [1.54, 1.807) is 0 Å². The molecule has 0 spiro atoms. The van der Waals surface area contributed by atoms with E-state index < -0.39 is 0 Å². The fourth-order valence-corrected chi connectivity index (χ4v) is 6.15. The van der Waals surface area contributed by atoms with Gasteiger partial charge >= 0.3 is 5.97 Å². The van der Waals surface area contributed by atoms with Crippen LogP contribution in [-0.2, 0) is 9.53 Å². The molecule has 3 heteroatoms. The van der Waals surface area contributed by atoms with Crippen LogP contribution >= 0.6 is 0 Å². The van der Waals surface area contributed by atoms with Crippen LogP contribution in [0.1, 0.15) is 52.4 Å². The molecule has 0 heterocycles. The molecule has 4 aliphatic carbocycles. The highest BCUT2D eigenvalue weighted by Gasteiger charge is 2.63. The Morgan fingerprint density at radius 3 is 2.20 bits per heavy atom. The van der Waals surface area contributed by atoms with Gasteiger partial charge in [-0.25, -0.2) is 0 Å². The number of rotatable bonds is 4. The summed E-state index contributed by atoms with van der Waals surface area (Å²) in [7, 11) is 4.03. The summed E-state index contributed by atoms with van der Waals surface area (Å²) in [5.74, 6) is 0.851. The van der Waals surface area contributed by atoms with Gasteiger partial charge in [0.1, 0.15) is 6.61 Å². The standard InChI is InChI=1S/C17H29NO2/c1-15-7-13-8-16(2,10-15)12-17(9-13,11-15)14(19)20-6-5-18(3)4/h13H,5-12H2,1-4H3/t13?,15-,16+,17?. The minimum absolute atomic E-state index is 0.0981. The van der Waals surface area contributed by atoms with Crippen LogP contribution < -0.4 is 0 Å². The molecular formula is C17H29NO2. The maximum absolute atomic E-state index is 12.7. The Kier molecular flexibility index (Phi) is 3.20. The summed E-state index contributed by atoms with van der Waals surface area (Å²) in [6.45, 7) is 6.15. The Morgan fingerprint density at radius 1 is 1.10 bits per heavy atom. The van der Waals surface area contributed by atoms with Crippen molar-refractivity contribution in [2.45, 2.75) is 52.4 Å². The Bertz CT molecular complexity index is 399. The van der Waals surface area contributed by atoms with Crippen LogP contribution in [0.4, 0.5) is 0 Å². The third-order valence-electron chi connectivity index (χ3n) is 5.83. The van der Waals surface area contributed by atoms with Crippen molar-refractivity contribution in [1.82, 2.24) is 4.90 Å². The fraction of sp³-hybridized carbons (Fsp3) is 0.941. The van der Waals surface area contributed by atoms with Gasteiger partial charge in [0, 0.05) is 6.54 Å². The molecule has 114 valence electrons. The number of nitrogens with zero attached hydrogens (tertiary/aromatic N) is 1. The van der Waals surface area contributed by atoms with Gasteiger partial charge in [-0.1, -0.05) is 13.8 Å². The quantitative estimate of drug-likeness (QED) is 0.741. The van der Waals surface area contributed by atoms with Crippen LogP contribution in [0.3, 0.4) is 0 Å². The highest BCUT2D eigenvalue weighted by molar-refractivity contribution is 5.77. The molecule has 0 aromatic rings. The van der Waals surface area contributed by atoms with Crippen LogP contribution in [0.2, 0.25) is 0 Å². The van der Waals surface area contributed by atoms with E-state index in [0.717, 1.165) is 31.7 Å². The number of esters is 1. The van der Waals surface area contributed by atoms with Crippen LogP contribution in [0.15, 0.2) is 0 Å². The van der Waals surface area contributed by atoms with Gasteiger partial charge < -0.3 is 9.64 Å². The lowest BCUT2D eigenvalue weighted by Gasteiger charge is -2.64. The Labute approximate surface area is 123 Å². The predicted octanol–water partition coefficient (Wildman–Crippen LogP) is 3.09. The monoisotopic (exact) mass is 279 g/mol. The summed E-state index contributed by atoms with van der Waals surface area (Å²) >= 11 is 0. The van der Waals surface area contributed by atoms with Gasteiger partial charge in [-0.05, 0) is 69.4 Å². The third-order valence-corrected chi connectivity index (χ3v) is 5.83. The van der Waals surface area contributed by atoms with E-state index in [1.807, 2.05) is 14.1 Å². The number of carbonyl (C=O) groups excluding carboxylic acids is 1. The van der Waals surface area contributed by atoms with Gasteiger partial charge in [0.25, 0.3) is 0 Å². The lowest BCUT2D eigenvalue weighted by atomic mass is 9.40. The molecule has 4 saturated carbocycles. The Hall–Kier alpha value is -0.570. The molecule has 0 aromatic carbocycles. The number of ether oxygens (including phenoxy) is 1. The van der Waals surface area contributed by atoms with Crippen molar-refractivity contribution in [3.8, 4) is 0 Å². The van der Waals surface area contributed by atoms with Crippen molar-refractivity contribution in [2.75, 3.05) is 27.2 Å². The Morgan fingerprint density at radius 2 is 1.70 bits per heavy atom. The van der Waals surface area contributed by atoms with Crippen molar-refractivity contribution >= 4 is 5.97 Å². The molecule has 4 fully saturated rings. The number of carbonyl (C=O) groups is 1. The molecule has 0 aliphatic heterocycles.